The highest BCUT2D eigenvalue weighted by Gasteiger charge is 2.07. The van der Waals surface area contributed by atoms with Crippen LogP contribution in [-0.2, 0) is 0 Å². The average molecular weight is 216 g/mol. The van der Waals surface area contributed by atoms with Crippen molar-refractivity contribution in [2.45, 2.75) is 6.92 Å². The number of benzene rings is 1. The molecule has 0 saturated carbocycles. The van der Waals surface area contributed by atoms with Crippen LogP contribution in [0.5, 0.6) is 0 Å². The first-order valence-corrected chi connectivity index (χ1v) is 4.91. The van der Waals surface area contributed by atoms with Crippen LogP contribution < -0.4 is 10.5 Å². The van der Waals surface area contributed by atoms with Gasteiger partial charge in [0, 0.05) is 12.7 Å². The number of hydrogen-bond donors (Lipinski definition) is 1. The normalized spacial score (nSPS) is 10.1. The van der Waals surface area contributed by atoms with Crippen molar-refractivity contribution >= 4 is 11.6 Å². The standard InChI is InChI=1S/C11H12N4O/c1-8-10(16)12-11(14-13-8)15(2)9-6-4-3-5-7-9/h3-7H,1-2H3,(H,12,14,16). The third-order valence-electron chi connectivity index (χ3n) is 2.31. The number of aryl methyl sites for hydroxylation is 1. The van der Waals surface area contributed by atoms with E-state index in [2.05, 4.69) is 15.2 Å². The number of nitrogens with one attached hydrogen (secondary N) is 1. The molecule has 1 heterocycles. The highest BCUT2D eigenvalue weighted by Crippen LogP contribution is 2.17. The van der Waals surface area contributed by atoms with Crippen LogP contribution in [0.25, 0.3) is 0 Å². The van der Waals surface area contributed by atoms with Crippen LogP contribution in [0.1, 0.15) is 5.69 Å². The number of aromatic nitrogens is 3. The van der Waals surface area contributed by atoms with E-state index in [1.165, 1.54) is 0 Å². The molecule has 1 aromatic carbocycles. The molecule has 82 valence electrons. The summed E-state index contributed by atoms with van der Waals surface area (Å²) in [4.78, 5) is 15.8. The fourth-order valence-electron chi connectivity index (χ4n) is 1.31. The van der Waals surface area contributed by atoms with Crippen molar-refractivity contribution in [3.8, 4) is 0 Å². The van der Waals surface area contributed by atoms with Crippen molar-refractivity contribution in [3.63, 3.8) is 0 Å². The van der Waals surface area contributed by atoms with Gasteiger partial charge in [-0.2, -0.15) is 0 Å². The van der Waals surface area contributed by atoms with Gasteiger partial charge < -0.3 is 4.90 Å². The fraction of sp³-hybridized carbons (Fsp3) is 0.182. The lowest BCUT2D eigenvalue weighted by atomic mass is 10.3. The molecule has 0 aliphatic heterocycles. The quantitative estimate of drug-likeness (QED) is 0.820. The molecule has 2 aromatic rings. The van der Waals surface area contributed by atoms with Gasteiger partial charge in [-0.25, -0.2) is 0 Å². The Labute approximate surface area is 92.8 Å². The number of para-hydroxylation sites is 1. The fourth-order valence-corrected chi connectivity index (χ4v) is 1.31. The summed E-state index contributed by atoms with van der Waals surface area (Å²) < 4.78 is 0. The highest BCUT2D eigenvalue weighted by molar-refractivity contribution is 5.55. The molecule has 5 heteroatoms. The molecule has 0 aliphatic rings. The Morgan fingerprint density at radius 2 is 1.88 bits per heavy atom. The van der Waals surface area contributed by atoms with E-state index >= 15 is 0 Å². The minimum atomic E-state index is -0.215. The van der Waals surface area contributed by atoms with Gasteiger partial charge in [-0.1, -0.05) is 18.2 Å². The third kappa shape index (κ3) is 1.93. The predicted molar refractivity (Wildman–Crippen MR) is 61.9 cm³/mol. The molecule has 0 atom stereocenters. The Morgan fingerprint density at radius 1 is 1.19 bits per heavy atom. The highest BCUT2D eigenvalue weighted by atomic mass is 16.1. The van der Waals surface area contributed by atoms with Gasteiger partial charge in [0.05, 0.1) is 0 Å². The van der Waals surface area contributed by atoms with Crippen LogP contribution in [0.3, 0.4) is 0 Å². The maximum absolute atomic E-state index is 11.4. The maximum atomic E-state index is 11.4. The first-order chi connectivity index (χ1) is 7.68. The number of H-pyrrole nitrogens is 1. The molecular formula is C11H12N4O. The molecule has 0 radical (unpaired) electrons. The van der Waals surface area contributed by atoms with Gasteiger partial charge in [-0.15, -0.1) is 10.2 Å². The van der Waals surface area contributed by atoms with Gasteiger partial charge >= 0.3 is 0 Å². The zero-order chi connectivity index (χ0) is 11.5. The lowest BCUT2D eigenvalue weighted by Crippen LogP contribution is -2.21. The third-order valence-corrected chi connectivity index (χ3v) is 2.31. The summed E-state index contributed by atoms with van der Waals surface area (Å²) in [5.74, 6) is 0.432. The zero-order valence-electron chi connectivity index (χ0n) is 9.14. The van der Waals surface area contributed by atoms with Crippen molar-refractivity contribution in [1.82, 2.24) is 15.2 Å². The van der Waals surface area contributed by atoms with Gasteiger partial charge in [0.1, 0.15) is 5.69 Å². The van der Waals surface area contributed by atoms with E-state index in [-0.39, 0.29) is 5.56 Å². The van der Waals surface area contributed by atoms with E-state index in [0.717, 1.165) is 5.69 Å². The molecule has 1 aromatic heterocycles. The van der Waals surface area contributed by atoms with Crippen molar-refractivity contribution < 1.29 is 0 Å². The zero-order valence-corrected chi connectivity index (χ0v) is 9.14. The number of rotatable bonds is 2. The van der Waals surface area contributed by atoms with Gasteiger partial charge in [0.15, 0.2) is 0 Å². The van der Waals surface area contributed by atoms with E-state index in [0.29, 0.717) is 11.6 Å². The molecule has 0 bridgehead atoms. The Morgan fingerprint density at radius 3 is 2.50 bits per heavy atom. The summed E-state index contributed by atoms with van der Waals surface area (Å²) >= 11 is 0. The Kier molecular flexibility index (Phi) is 2.68. The molecule has 0 unspecified atom stereocenters. The largest absolute Gasteiger partial charge is 0.314 e. The second kappa shape index (κ2) is 4.14. The van der Waals surface area contributed by atoms with E-state index < -0.39 is 0 Å². The van der Waals surface area contributed by atoms with Gasteiger partial charge in [0.2, 0.25) is 5.95 Å². The van der Waals surface area contributed by atoms with Crippen molar-refractivity contribution in [3.05, 3.63) is 46.4 Å². The summed E-state index contributed by atoms with van der Waals surface area (Å²) in [6, 6.07) is 9.64. The van der Waals surface area contributed by atoms with E-state index in [4.69, 9.17) is 0 Å². The first-order valence-electron chi connectivity index (χ1n) is 4.91. The Bertz CT molecular complexity index is 535. The maximum Gasteiger partial charge on any atom is 0.274 e. The van der Waals surface area contributed by atoms with E-state index in [1.807, 2.05) is 37.4 Å². The SMILES string of the molecule is Cc1nnc(N(C)c2ccccc2)[nH]c1=O. The van der Waals surface area contributed by atoms with Crippen molar-refractivity contribution in [2.75, 3.05) is 11.9 Å². The monoisotopic (exact) mass is 216 g/mol. The summed E-state index contributed by atoms with van der Waals surface area (Å²) in [5, 5.41) is 7.73. The van der Waals surface area contributed by atoms with Gasteiger partial charge in [0.25, 0.3) is 5.56 Å². The summed E-state index contributed by atoms with van der Waals surface area (Å²) in [5.41, 5.74) is 1.09. The molecule has 2 rings (SSSR count). The molecule has 0 saturated heterocycles. The molecule has 1 N–H and O–H groups in total. The average Bonchev–Trinajstić information content (AvgIpc) is 2.33. The summed E-state index contributed by atoms with van der Waals surface area (Å²) in [6.07, 6.45) is 0. The first kappa shape index (κ1) is 10.4. The lowest BCUT2D eigenvalue weighted by Gasteiger charge is -2.16. The number of hydrogen-bond acceptors (Lipinski definition) is 4. The topological polar surface area (TPSA) is 61.9 Å². The molecule has 0 amide bonds. The number of anilines is 2. The summed E-state index contributed by atoms with van der Waals surface area (Å²) in [6.45, 7) is 1.62. The van der Waals surface area contributed by atoms with Gasteiger partial charge in [-0.05, 0) is 19.1 Å². The van der Waals surface area contributed by atoms with Crippen LogP contribution in [-0.4, -0.2) is 22.2 Å². The Balaban J connectivity index is 2.38. The second-order valence-corrected chi connectivity index (χ2v) is 3.46. The minimum Gasteiger partial charge on any atom is -0.314 e. The second-order valence-electron chi connectivity index (χ2n) is 3.46. The van der Waals surface area contributed by atoms with Crippen LogP contribution in [0, 0.1) is 6.92 Å². The Hall–Kier alpha value is -2.17. The number of aromatic amines is 1. The smallest absolute Gasteiger partial charge is 0.274 e. The minimum absolute atomic E-state index is 0.215. The molecular weight excluding hydrogens is 204 g/mol. The number of nitrogens with zero attached hydrogens (tertiary/aromatic N) is 3. The van der Waals surface area contributed by atoms with Crippen LogP contribution in [0.4, 0.5) is 11.6 Å². The summed E-state index contributed by atoms with van der Waals surface area (Å²) in [7, 11) is 1.82. The molecule has 16 heavy (non-hydrogen) atoms. The molecule has 5 nitrogen and oxygen atoms in total. The molecule has 0 spiro atoms. The molecule has 0 aliphatic carbocycles. The van der Waals surface area contributed by atoms with Crippen molar-refractivity contribution in [1.29, 1.82) is 0 Å². The molecule has 0 fully saturated rings. The lowest BCUT2D eigenvalue weighted by molar-refractivity contribution is 0.874. The van der Waals surface area contributed by atoms with Gasteiger partial charge in [-0.3, -0.25) is 9.78 Å². The van der Waals surface area contributed by atoms with Crippen molar-refractivity contribution in [2.24, 2.45) is 0 Å². The van der Waals surface area contributed by atoms with Crippen LogP contribution in [0.2, 0.25) is 0 Å². The predicted octanol–water partition coefficient (Wildman–Crippen LogP) is 1.24. The van der Waals surface area contributed by atoms with Crippen LogP contribution >= 0.6 is 0 Å². The van der Waals surface area contributed by atoms with E-state index in [9.17, 15) is 4.79 Å². The van der Waals surface area contributed by atoms with Crippen LogP contribution in [0.15, 0.2) is 35.1 Å². The van der Waals surface area contributed by atoms with E-state index in [1.54, 1.807) is 11.8 Å².